The van der Waals surface area contributed by atoms with Crippen molar-refractivity contribution in [3.8, 4) is 11.1 Å². The van der Waals surface area contributed by atoms with Gasteiger partial charge in [-0.1, -0.05) is 85.3 Å². The van der Waals surface area contributed by atoms with E-state index in [1.54, 1.807) is 0 Å². The molecule has 3 aromatic rings. The van der Waals surface area contributed by atoms with Crippen LogP contribution in [0.2, 0.25) is 0 Å². The van der Waals surface area contributed by atoms with E-state index >= 15 is 0 Å². The fraction of sp³-hybridized carbons (Fsp3) is 0.463. The zero-order valence-corrected chi connectivity index (χ0v) is 27.8. The molecule has 5 atom stereocenters. The fourth-order valence-electron chi connectivity index (χ4n) is 8.76. The molecule has 0 radical (unpaired) electrons. The van der Waals surface area contributed by atoms with Gasteiger partial charge < -0.3 is 19.5 Å². The summed E-state index contributed by atoms with van der Waals surface area (Å²) < 4.78 is 12.4. The number of rotatable bonds is 5. The Bertz CT molecular complexity index is 1640. The van der Waals surface area contributed by atoms with E-state index in [0.717, 1.165) is 73.8 Å². The average molecular weight is 634 g/mol. The van der Waals surface area contributed by atoms with Crippen LogP contribution in [0.3, 0.4) is 0 Å². The second-order valence-electron chi connectivity index (χ2n) is 14.6. The quantitative estimate of drug-likeness (QED) is 0.226. The van der Waals surface area contributed by atoms with Crippen molar-refractivity contribution in [2.24, 2.45) is 5.41 Å². The SMILES string of the molecule is CC1=CCC[C@@]2(C)[C@@H](CC[C@@]23CN(C[C@H]2CCCO2)C(=O)O3)c2ccc(cc2C(=O)c2ccc(-c3ccccc3)cc2)C[C@H](O)CC1. The summed E-state index contributed by atoms with van der Waals surface area (Å²) in [5, 5.41) is 11.0. The van der Waals surface area contributed by atoms with Crippen LogP contribution >= 0.6 is 0 Å². The largest absolute Gasteiger partial charge is 0.440 e. The number of hydrogen-bond donors (Lipinski definition) is 1. The van der Waals surface area contributed by atoms with Gasteiger partial charge in [0.1, 0.15) is 5.60 Å². The molecule has 2 heterocycles. The van der Waals surface area contributed by atoms with Crippen molar-refractivity contribution in [2.75, 3.05) is 19.7 Å². The Morgan fingerprint density at radius 2 is 1.77 bits per heavy atom. The van der Waals surface area contributed by atoms with Gasteiger partial charge in [0.15, 0.2) is 5.78 Å². The van der Waals surface area contributed by atoms with Gasteiger partial charge in [-0.2, -0.15) is 0 Å². The molecule has 0 aromatic heterocycles. The first kappa shape index (κ1) is 31.8. The zero-order valence-electron chi connectivity index (χ0n) is 27.8. The maximum atomic E-state index is 14.5. The van der Waals surface area contributed by atoms with E-state index in [-0.39, 0.29) is 29.3 Å². The molecule has 246 valence electrons. The third-order valence-corrected chi connectivity index (χ3v) is 11.6. The summed E-state index contributed by atoms with van der Waals surface area (Å²) in [5.74, 6) is 0.0154. The van der Waals surface area contributed by atoms with E-state index in [2.05, 4.69) is 44.2 Å². The monoisotopic (exact) mass is 633 g/mol. The van der Waals surface area contributed by atoms with Gasteiger partial charge in [0.05, 0.1) is 25.3 Å². The molecule has 3 aromatic carbocycles. The van der Waals surface area contributed by atoms with Gasteiger partial charge in [0.25, 0.3) is 0 Å². The number of hydrogen-bond acceptors (Lipinski definition) is 5. The summed E-state index contributed by atoms with van der Waals surface area (Å²) in [4.78, 5) is 29.8. The molecule has 8 rings (SSSR count). The average Bonchev–Trinajstić information content (AvgIpc) is 3.78. The van der Waals surface area contributed by atoms with Gasteiger partial charge in [0, 0.05) is 23.1 Å². The van der Waals surface area contributed by atoms with Crippen LogP contribution in [0.15, 0.2) is 84.4 Å². The summed E-state index contributed by atoms with van der Waals surface area (Å²) in [6.07, 6.45) is 8.92. The number of aliphatic hydroxyl groups excluding tert-OH is 1. The molecular weight excluding hydrogens is 586 g/mol. The third-order valence-electron chi connectivity index (χ3n) is 11.6. The van der Waals surface area contributed by atoms with Gasteiger partial charge in [-0.3, -0.25) is 4.79 Å². The number of allylic oxidation sites excluding steroid dienone is 2. The zero-order chi connectivity index (χ0) is 32.6. The maximum Gasteiger partial charge on any atom is 0.410 e. The number of ketones is 1. The van der Waals surface area contributed by atoms with Gasteiger partial charge in [-0.25, -0.2) is 4.79 Å². The first-order valence-corrected chi connectivity index (χ1v) is 17.5. The Kier molecular flexibility index (Phi) is 8.84. The predicted octanol–water partition coefficient (Wildman–Crippen LogP) is 8.26. The lowest BCUT2D eigenvalue weighted by Crippen LogP contribution is -2.48. The van der Waals surface area contributed by atoms with E-state index in [4.69, 9.17) is 9.47 Å². The van der Waals surface area contributed by atoms with Gasteiger partial charge in [-0.15, -0.1) is 0 Å². The molecule has 1 spiro atoms. The summed E-state index contributed by atoms with van der Waals surface area (Å²) in [7, 11) is 0. The highest BCUT2D eigenvalue weighted by atomic mass is 16.6. The van der Waals surface area contributed by atoms with Crippen LogP contribution in [0.4, 0.5) is 4.79 Å². The molecule has 2 bridgehead atoms. The number of carbonyl (C=O) groups excluding carboxylic acids is 2. The maximum absolute atomic E-state index is 14.5. The van der Waals surface area contributed by atoms with Gasteiger partial charge in [-0.05, 0) is 98.9 Å². The Labute approximate surface area is 278 Å². The summed E-state index contributed by atoms with van der Waals surface area (Å²) in [6, 6.07) is 24.3. The van der Waals surface area contributed by atoms with Gasteiger partial charge in [0.2, 0.25) is 0 Å². The molecule has 3 aliphatic carbocycles. The number of amides is 1. The molecule has 5 aliphatic rings. The van der Waals surface area contributed by atoms with Crippen molar-refractivity contribution < 1.29 is 24.2 Å². The van der Waals surface area contributed by atoms with Crippen molar-refractivity contribution in [3.63, 3.8) is 0 Å². The molecule has 2 saturated heterocycles. The van der Waals surface area contributed by atoms with E-state index in [1.165, 1.54) is 5.57 Å². The molecule has 47 heavy (non-hydrogen) atoms. The van der Waals surface area contributed by atoms with Crippen LogP contribution in [-0.4, -0.2) is 59.4 Å². The Balaban J connectivity index is 1.27. The molecule has 1 saturated carbocycles. The highest BCUT2D eigenvalue weighted by molar-refractivity contribution is 6.10. The van der Waals surface area contributed by atoms with Crippen molar-refractivity contribution in [3.05, 3.63) is 107 Å². The number of ether oxygens (including phenoxy) is 2. The van der Waals surface area contributed by atoms with Crippen LogP contribution in [-0.2, 0) is 15.9 Å². The van der Waals surface area contributed by atoms with Gasteiger partial charge >= 0.3 is 6.09 Å². The molecule has 1 N–H and O–H groups in total. The minimum absolute atomic E-state index is 0.00879. The van der Waals surface area contributed by atoms with Crippen molar-refractivity contribution >= 4 is 11.9 Å². The Morgan fingerprint density at radius 1 is 0.979 bits per heavy atom. The number of fused-ring (bicyclic) bond motifs is 8. The molecule has 1 amide bonds. The van der Waals surface area contributed by atoms with Crippen LogP contribution in [0, 0.1) is 5.41 Å². The van der Waals surface area contributed by atoms with Crippen molar-refractivity contribution in [1.29, 1.82) is 0 Å². The lowest BCUT2D eigenvalue weighted by Gasteiger charge is -2.43. The lowest BCUT2D eigenvalue weighted by molar-refractivity contribution is -0.0374. The standard InChI is InChI=1S/C41H47NO5/c1-28-8-6-21-40(2)37(20-22-41(40)27-42(39(45)47-41)26-34-11-7-23-46-34)35-19-13-29(24-33(43)18-12-28)25-36(35)38(44)32-16-14-31(15-17-32)30-9-4-3-5-10-30/h3-5,8-10,13-17,19,25,33-34,37,43H,6-7,11-12,18,20-24,26-27H2,1-2H3/t33-,34-,37+,40+,41-/m1/s1. The molecule has 2 aliphatic heterocycles. The minimum Gasteiger partial charge on any atom is -0.440 e. The fourth-order valence-corrected chi connectivity index (χ4v) is 8.76. The third kappa shape index (κ3) is 6.18. The highest BCUT2D eigenvalue weighted by Gasteiger charge is 2.64. The molecule has 3 fully saturated rings. The predicted molar refractivity (Wildman–Crippen MR) is 184 cm³/mol. The summed E-state index contributed by atoms with van der Waals surface area (Å²) >= 11 is 0. The molecule has 0 unspecified atom stereocenters. The van der Waals surface area contributed by atoms with Crippen LogP contribution in [0.5, 0.6) is 0 Å². The number of benzene rings is 3. The smallest absolute Gasteiger partial charge is 0.410 e. The van der Waals surface area contributed by atoms with Crippen LogP contribution in [0.25, 0.3) is 11.1 Å². The molecule has 6 nitrogen and oxygen atoms in total. The normalized spacial score (nSPS) is 29.4. The number of aliphatic hydroxyl groups is 1. The van der Waals surface area contributed by atoms with E-state index < -0.39 is 11.7 Å². The lowest BCUT2D eigenvalue weighted by atomic mass is 9.64. The first-order chi connectivity index (χ1) is 22.7. The van der Waals surface area contributed by atoms with Crippen molar-refractivity contribution in [1.82, 2.24) is 4.90 Å². The Hall–Kier alpha value is -3.74. The number of nitrogens with zero attached hydrogens (tertiary/aromatic N) is 1. The topological polar surface area (TPSA) is 76.1 Å². The summed E-state index contributed by atoms with van der Waals surface area (Å²) in [5.41, 5.74) is 5.76. The first-order valence-electron chi connectivity index (χ1n) is 17.5. The van der Waals surface area contributed by atoms with Crippen LogP contribution < -0.4 is 0 Å². The number of carbonyl (C=O) groups is 2. The molecular formula is C41H47NO5. The minimum atomic E-state index is -0.640. The summed E-state index contributed by atoms with van der Waals surface area (Å²) in [6.45, 7) is 6.32. The second kappa shape index (κ2) is 13.0. The van der Waals surface area contributed by atoms with E-state index in [1.807, 2.05) is 53.4 Å². The Morgan fingerprint density at radius 3 is 2.53 bits per heavy atom. The highest BCUT2D eigenvalue weighted by Crippen LogP contribution is 2.61. The second-order valence-corrected chi connectivity index (χ2v) is 14.6. The van der Waals surface area contributed by atoms with E-state index in [9.17, 15) is 14.7 Å². The molecule has 6 heteroatoms. The van der Waals surface area contributed by atoms with Crippen molar-refractivity contribution in [2.45, 2.75) is 95.4 Å². The van der Waals surface area contributed by atoms with Crippen LogP contribution in [0.1, 0.15) is 98.2 Å². The van der Waals surface area contributed by atoms with E-state index in [0.29, 0.717) is 37.1 Å².